The Balaban J connectivity index is 2.28. The first-order valence-corrected chi connectivity index (χ1v) is 7.60. The summed E-state index contributed by atoms with van der Waals surface area (Å²) in [5.41, 5.74) is 5.63. The lowest BCUT2D eigenvalue weighted by molar-refractivity contribution is 0.265. The van der Waals surface area contributed by atoms with Crippen LogP contribution < -0.4 is 5.73 Å². The fourth-order valence-electron chi connectivity index (χ4n) is 2.23. The zero-order chi connectivity index (χ0) is 11.5. The molecule has 2 unspecified atom stereocenters. The number of hydrogen-bond donors (Lipinski definition) is 1. The molecule has 1 aliphatic rings. The molecular formula is C10H22N2O2S. The molecule has 15 heavy (non-hydrogen) atoms. The van der Waals surface area contributed by atoms with Crippen LogP contribution in [0.5, 0.6) is 0 Å². The van der Waals surface area contributed by atoms with E-state index in [1.807, 2.05) is 0 Å². The van der Waals surface area contributed by atoms with Gasteiger partial charge in [0.15, 0.2) is 0 Å². The van der Waals surface area contributed by atoms with Gasteiger partial charge in [0, 0.05) is 18.8 Å². The highest BCUT2D eigenvalue weighted by molar-refractivity contribution is 7.90. The monoisotopic (exact) mass is 234 g/mol. The van der Waals surface area contributed by atoms with E-state index in [2.05, 4.69) is 11.8 Å². The van der Waals surface area contributed by atoms with Crippen LogP contribution in [0.15, 0.2) is 0 Å². The van der Waals surface area contributed by atoms with Crippen molar-refractivity contribution in [3.63, 3.8) is 0 Å². The van der Waals surface area contributed by atoms with Crippen LogP contribution in [0.4, 0.5) is 0 Å². The second-order valence-corrected chi connectivity index (χ2v) is 6.92. The van der Waals surface area contributed by atoms with Gasteiger partial charge in [-0.1, -0.05) is 0 Å². The summed E-state index contributed by atoms with van der Waals surface area (Å²) in [4.78, 5) is 2.35. The molecular weight excluding hydrogens is 212 g/mol. The first-order valence-electron chi connectivity index (χ1n) is 5.54. The maximum atomic E-state index is 11.0. The summed E-state index contributed by atoms with van der Waals surface area (Å²) >= 11 is 0. The summed E-state index contributed by atoms with van der Waals surface area (Å²) in [5, 5.41) is 0. The van der Waals surface area contributed by atoms with Crippen molar-refractivity contribution < 1.29 is 8.42 Å². The molecule has 1 fully saturated rings. The molecule has 0 amide bonds. The molecule has 0 saturated carbocycles. The molecule has 0 spiro atoms. The Morgan fingerprint density at radius 1 is 1.47 bits per heavy atom. The van der Waals surface area contributed by atoms with Crippen LogP contribution in [-0.4, -0.2) is 51.0 Å². The van der Waals surface area contributed by atoms with E-state index in [-0.39, 0.29) is 0 Å². The van der Waals surface area contributed by atoms with Gasteiger partial charge >= 0.3 is 0 Å². The number of likely N-dealkylation sites (tertiary alicyclic amines) is 1. The van der Waals surface area contributed by atoms with Crippen molar-refractivity contribution in [2.45, 2.75) is 25.8 Å². The first-order chi connectivity index (χ1) is 6.92. The summed E-state index contributed by atoms with van der Waals surface area (Å²) in [7, 11) is -2.80. The van der Waals surface area contributed by atoms with Gasteiger partial charge in [-0.05, 0) is 38.8 Å². The van der Waals surface area contributed by atoms with Crippen molar-refractivity contribution in [1.29, 1.82) is 0 Å². The van der Waals surface area contributed by atoms with Crippen LogP contribution in [0.2, 0.25) is 0 Å². The quantitative estimate of drug-likeness (QED) is 0.732. The maximum Gasteiger partial charge on any atom is 0.147 e. The molecule has 5 heteroatoms. The van der Waals surface area contributed by atoms with Crippen LogP contribution in [0.3, 0.4) is 0 Å². The lowest BCUT2D eigenvalue weighted by Gasteiger charge is -2.20. The molecule has 1 aliphatic heterocycles. The van der Waals surface area contributed by atoms with Crippen molar-refractivity contribution in [3.05, 3.63) is 0 Å². The van der Waals surface area contributed by atoms with Gasteiger partial charge in [-0.25, -0.2) is 8.42 Å². The lowest BCUT2D eigenvalue weighted by Crippen LogP contribution is -2.30. The van der Waals surface area contributed by atoms with Gasteiger partial charge in [0.25, 0.3) is 0 Å². The fourth-order valence-corrected chi connectivity index (χ4v) is 2.88. The van der Waals surface area contributed by atoms with E-state index in [0.717, 1.165) is 32.5 Å². The van der Waals surface area contributed by atoms with Gasteiger partial charge in [0.05, 0.1) is 5.75 Å². The average molecular weight is 234 g/mol. The number of hydrogen-bond acceptors (Lipinski definition) is 4. The normalized spacial score (nSPS) is 28.5. The molecule has 1 rings (SSSR count). The maximum absolute atomic E-state index is 11.0. The van der Waals surface area contributed by atoms with Crippen molar-refractivity contribution in [3.8, 4) is 0 Å². The van der Waals surface area contributed by atoms with E-state index >= 15 is 0 Å². The molecule has 2 N–H and O–H groups in total. The summed E-state index contributed by atoms with van der Waals surface area (Å²) < 4.78 is 21.9. The summed E-state index contributed by atoms with van der Waals surface area (Å²) in [5.74, 6) is 0.891. The standard InChI is InChI=1S/C10H22N2O2S/c1-9-6-10(7-11)8-12(9)4-3-5-15(2,13)14/h9-10H,3-8,11H2,1-2H3. The zero-order valence-electron chi connectivity index (χ0n) is 9.65. The molecule has 4 nitrogen and oxygen atoms in total. The third kappa shape index (κ3) is 4.49. The largest absolute Gasteiger partial charge is 0.330 e. The van der Waals surface area contributed by atoms with E-state index in [1.165, 1.54) is 6.26 Å². The summed E-state index contributed by atoms with van der Waals surface area (Å²) in [6.07, 6.45) is 3.18. The van der Waals surface area contributed by atoms with E-state index in [1.54, 1.807) is 0 Å². The Hall–Kier alpha value is -0.130. The highest BCUT2D eigenvalue weighted by Crippen LogP contribution is 2.21. The first kappa shape index (κ1) is 12.9. The smallest absolute Gasteiger partial charge is 0.147 e. The fraction of sp³-hybridized carbons (Fsp3) is 1.00. The molecule has 2 atom stereocenters. The molecule has 1 saturated heterocycles. The molecule has 0 bridgehead atoms. The minimum Gasteiger partial charge on any atom is -0.330 e. The second kappa shape index (κ2) is 5.27. The van der Waals surface area contributed by atoms with Gasteiger partial charge < -0.3 is 10.6 Å². The summed E-state index contributed by atoms with van der Waals surface area (Å²) in [6, 6.07) is 0.554. The van der Waals surface area contributed by atoms with Crippen molar-refractivity contribution in [2.75, 3.05) is 31.6 Å². The van der Waals surface area contributed by atoms with Crippen LogP contribution in [-0.2, 0) is 9.84 Å². The van der Waals surface area contributed by atoms with E-state index < -0.39 is 9.84 Å². The highest BCUT2D eigenvalue weighted by Gasteiger charge is 2.27. The van der Waals surface area contributed by atoms with Gasteiger partial charge in [0.2, 0.25) is 0 Å². The SMILES string of the molecule is CC1CC(CN)CN1CCCS(C)(=O)=O. The average Bonchev–Trinajstić information content (AvgIpc) is 2.45. The molecule has 0 aromatic heterocycles. The van der Waals surface area contributed by atoms with Gasteiger partial charge in [-0.2, -0.15) is 0 Å². The van der Waals surface area contributed by atoms with Crippen molar-refractivity contribution in [2.24, 2.45) is 11.7 Å². The van der Waals surface area contributed by atoms with E-state index in [9.17, 15) is 8.42 Å². The predicted molar refractivity (Wildman–Crippen MR) is 62.5 cm³/mol. The van der Waals surface area contributed by atoms with Crippen molar-refractivity contribution >= 4 is 9.84 Å². The number of nitrogens with two attached hydrogens (primary N) is 1. The second-order valence-electron chi connectivity index (χ2n) is 4.66. The van der Waals surface area contributed by atoms with Crippen LogP contribution in [0, 0.1) is 5.92 Å². The number of nitrogens with zero attached hydrogens (tertiary/aromatic N) is 1. The predicted octanol–water partition coefficient (Wildman–Crippen LogP) is 0.0902. The van der Waals surface area contributed by atoms with Crippen LogP contribution in [0.25, 0.3) is 0 Å². The van der Waals surface area contributed by atoms with Crippen molar-refractivity contribution in [1.82, 2.24) is 4.90 Å². The Morgan fingerprint density at radius 3 is 2.60 bits per heavy atom. The van der Waals surface area contributed by atoms with Gasteiger partial charge in [-0.15, -0.1) is 0 Å². The Labute approximate surface area is 92.7 Å². The Bertz CT molecular complexity index is 290. The third-order valence-electron chi connectivity index (χ3n) is 3.08. The third-order valence-corrected chi connectivity index (χ3v) is 4.11. The van der Waals surface area contributed by atoms with Gasteiger partial charge in [-0.3, -0.25) is 0 Å². The van der Waals surface area contributed by atoms with Gasteiger partial charge in [0.1, 0.15) is 9.84 Å². The summed E-state index contributed by atoms with van der Waals surface area (Å²) in [6.45, 7) is 4.84. The highest BCUT2D eigenvalue weighted by atomic mass is 32.2. The molecule has 90 valence electrons. The number of rotatable bonds is 5. The minimum absolute atomic E-state index is 0.295. The molecule has 0 aliphatic carbocycles. The number of sulfone groups is 1. The minimum atomic E-state index is -2.80. The van der Waals surface area contributed by atoms with E-state index in [0.29, 0.717) is 17.7 Å². The van der Waals surface area contributed by atoms with Crippen LogP contribution >= 0.6 is 0 Å². The Morgan fingerprint density at radius 2 is 2.13 bits per heavy atom. The Kier molecular flexibility index (Phi) is 4.55. The van der Waals surface area contributed by atoms with Crippen LogP contribution in [0.1, 0.15) is 19.8 Å². The molecule has 1 heterocycles. The molecule has 0 radical (unpaired) electrons. The zero-order valence-corrected chi connectivity index (χ0v) is 10.5. The molecule has 0 aromatic rings. The molecule has 0 aromatic carbocycles. The van der Waals surface area contributed by atoms with E-state index in [4.69, 9.17) is 5.73 Å². The topological polar surface area (TPSA) is 63.4 Å². The lowest BCUT2D eigenvalue weighted by atomic mass is 10.1.